The number of ether oxygens (including phenoxy) is 1. The Morgan fingerprint density at radius 3 is 2.79 bits per heavy atom. The second-order valence-electron chi connectivity index (χ2n) is 3.87. The van der Waals surface area contributed by atoms with Crippen LogP contribution in [0.3, 0.4) is 0 Å². The van der Waals surface area contributed by atoms with E-state index in [1.807, 2.05) is 0 Å². The predicted molar refractivity (Wildman–Crippen MR) is 69.1 cm³/mol. The fourth-order valence-electron chi connectivity index (χ4n) is 1.41. The van der Waals surface area contributed by atoms with Gasteiger partial charge in [-0.15, -0.1) is 0 Å². The van der Waals surface area contributed by atoms with Gasteiger partial charge in [0.1, 0.15) is 10.7 Å². The van der Waals surface area contributed by atoms with Crippen LogP contribution in [0.25, 0.3) is 0 Å². The lowest BCUT2D eigenvalue weighted by Gasteiger charge is -2.11. The second kappa shape index (κ2) is 7.16. The van der Waals surface area contributed by atoms with Gasteiger partial charge in [-0.05, 0) is 24.6 Å². The van der Waals surface area contributed by atoms with Gasteiger partial charge in [0.05, 0.1) is 12.7 Å². The van der Waals surface area contributed by atoms with Crippen molar-refractivity contribution in [3.63, 3.8) is 0 Å². The lowest BCUT2D eigenvalue weighted by Crippen LogP contribution is -2.29. The van der Waals surface area contributed by atoms with Crippen LogP contribution in [-0.4, -0.2) is 39.9 Å². The molecule has 108 valence electrons. The van der Waals surface area contributed by atoms with Crippen molar-refractivity contribution >= 4 is 21.6 Å². The summed E-state index contributed by atoms with van der Waals surface area (Å²) in [5.74, 6) is -0.919. The zero-order valence-electron chi connectivity index (χ0n) is 10.3. The van der Waals surface area contributed by atoms with Crippen LogP contribution in [0.15, 0.2) is 23.1 Å². The van der Waals surface area contributed by atoms with Crippen molar-refractivity contribution in [3.8, 4) is 0 Å². The number of hydrogen-bond donors (Lipinski definition) is 2. The second-order valence-corrected chi connectivity index (χ2v) is 6.04. The lowest BCUT2D eigenvalue weighted by molar-refractivity contribution is 0.0603. The summed E-state index contributed by atoms with van der Waals surface area (Å²) in [5, 5.41) is 9.47. The maximum atomic E-state index is 13.5. The van der Waals surface area contributed by atoms with Crippen molar-refractivity contribution in [3.05, 3.63) is 29.0 Å². The van der Waals surface area contributed by atoms with E-state index in [1.165, 1.54) is 13.2 Å². The van der Waals surface area contributed by atoms with Gasteiger partial charge < -0.3 is 9.84 Å². The third-order valence-electron chi connectivity index (χ3n) is 2.31. The highest BCUT2D eigenvalue weighted by Gasteiger charge is 2.19. The van der Waals surface area contributed by atoms with Crippen LogP contribution in [0, 0.1) is 5.82 Å². The van der Waals surface area contributed by atoms with E-state index in [1.54, 1.807) is 0 Å². The van der Waals surface area contributed by atoms with Crippen molar-refractivity contribution < 1.29 is 22.7 Å². The standard InChI is InChI=1S/C11H15ClFNO4S/c1-18-7-9(15)4-5-14-19(16,17)11-3-2-8(12)6-10(11)13/h2-3,6,9,14-15H,4-5,7H2,1H3. The zero-order valence-corrected chi connectivity index (χ0v) is 11.8. The molecule has 0 amide bonds. The first-order valence-corrected chi connectivity index (χ1v) is 7.34. The Bertz CT molecular complexity index is 523. The van der Waals surface area contributed by atoms with Gasteiger partial charge in [0.15, 0.2) is 0 Å². The number of halogens is 2. The number of benzene rings is 1. The molecular formula is C11H15ClFNO4S. The predicted octanol–water partition coefficient (Wildman–Crippen LogP) is 1.15. The number of aliphatic hydroxyl groups excluding tert-OH is 1. The van der Waals surface area contributed by atoms with Gasteiger partial charge in [0.2, 0.25) is 10.0 Å². The molecule has 0 aromatic heterocycles. The highest BCUT2D eigenvalue weighted by molar-refractivity contribution is 7.89. The molecule has 0 spiro atoms. The summed E-state index contributed by atoms with van der Waals surface area (Å²) in [7, 11) is -2.53. The molecule has 0 heterocycles. The minimum atomic E-state index is -3.95. The van der Waals surface area contributed by atoms with Crippen molar-refractivity contribution in [2.24, 2.45) is 0 Å². The molecule has 0 aliphatic carbocycles. The molecule has 0 radical (unpaired) electrons. The zero-order chi connectivity index (χ0) is 14.5. The molecule has 19 heavy (non-hydrogen) atoms. The number of methoxy groups -OCH3 is 1. The molecule has 0 saturated carbocycles. The monoisotopic (exact) mass is 311 g/mol. The molecule has 5 nitrogen and oxygen atoms in total. The molecular weight excluding hydrogens is 297 g/mol. The lowest BCUT2D eigenvalue weighted by atomic mass is 10.3. The molecule has 1 unspecified atom stereocenters. The van der Waals surface area contributed by atoms with Crippen molar-refractivity contribution in [1.82, 2.24) is 4.72 Å². The topological polar surface area (TPSA) is 75.6 Å². The Kier molecular flexibility index (Phi) is 6.15. The third-order valence-corrected chi connectivity index (χ3v) is 4.04. The molecule has 0 aliphatic rings. The van der Waals surface area contributed by atoms with E-state index < -0.39 is 26.8 Å². The van der Waals surface area contributed by atoms with Crippen LogP contribution >= 0.6 is 11.6 Å². The Morgan fingerprint density at radius 1 is 1.53 bits per heavy atom. The van der Waals surface area contributed by atoms with Crippen LogP contribution in [0.5, 0.6) is 0 Å². The van der Waals surface area contributed by atoms with Crippen molar-refractivity contribution in [2.75, 3.05) is 20.3 Å². The van der Waals surface area contributed by atoms with Gasteiger partial charge in [-0.1, -0.05) is 11.6 Å². The Labute approximate surface area is 116 Å². The Morgan fingerprint density at radius 2 is 2.21 bits per heavy atom. The summed E-state index contributed by atoms with van der Waals surface area (Å²) in [6, 6.07) is 3.31. The van der Waals surface area contributed by atoms with E-state index in [0.29, 0.717) is 0 Å². The van der Waals surface area contributed by atoms with Gasteiger partial charge in [0, 0.05) is 18.7 Å². The summed E-state index contributed by atoms with van der Waals surface area (Å²) >= 11 is 5.55. The minimum Gasteiger partial charge on any atom is -0.391 e. The van der Waals surface area contributed by atoms with Crippen molar-refractivity contribution in [2.45, 2.75) is 17.4 Å². The van der Waals surface area contributed by atoms with Crippen LogP contribution in [0.4, 0.5) is 4.39 Å². The molecule has 0 fully saturated rings. The van der Waals surface area contributed by atoms with E-state index in [4.69, 9.17) is 16.3 Å². The maximum absolute atomic E-state index is 13.5. The van der Waals surface area contributed by atoms with Gasteiger partial charge in [-0.3, -0.25) is 0 Å². The first kappa shape index (κ1) is 16.3. The van der Waals surface area contributed by atoms with Gasteiger partial charge in [-0.25, -0.2) is 17.5 Å². The summed E-state index contributed by atoms with van der Waals surface area (Å²) in [6.07, 6.45) is -0.606. The van der Waals surface area contributed by atoms with E-state index in [-0.39, 0.29) is 24.6 Å². The summed E-state index contributed by atoms with van der Waals surface area (Å²) in [4.78, 5) is -0.474. The maximum Gasteiger partial charge on any atom is 0.243 e. The van der Waals surface area contributed by atoms with Crippen LogP contribution < -0.4 is 4.72 Å². The average molecular weight is 312 g/mol. The van der Waals surface area contributed by atoms with E-state index >= 15 is 0 Å². The quantitative estimate of drug-likeness (QED) is 0.792. The summed E-state index contributed by atoms with van der Waals surface area (Å²) in [5.41, 5.74) is 0. The fraction of sp³-hybridized carbons (Fsp3) is 0.455. The number of nitrogens with one attached hydrogen (secondary N) is 1. The van der Waals surface area contributed by atoms with Crippen molar-refractivity contribution in [1.29, 1.82) is 0 Å². The van der Waals surface area contributed by atoms with Crippen LogP contribution in [0.1, 0.15) is 6.42 Å². The average Bonchev–Trinajstić information content (AvgIpc) is 2.28. The van der Waals surface area contributed by atoms with E-state index in [0.717, 1.165) is 12.1 Å². The number of rotatable bonds is 7. The summed E-state index contributed by atoms with van der Waals surface area (Å²) in [6.45, 7) is 0.0892. The Hall–Kier alpha value is -0.730. The molecule has 1 aromatic carbocycles. The molecule has 0 saturated heterocycles. The largest absolute Gasteiger partial charge is 0.391 e. The highest BCUT2D eigenvalue weighted by Crippen LogP contribution is 2.18. The van der Waals surface area contributed by atoms with Gasteiger partial charge in [0.25, 0.3) is 0 Å². The molecule has 1 rings (SSSR count). The van der Waals surface area contributed by atoms with Crippen LogP contribution in [-0.2, 0) is 14.8 Å². The SMILES string of the molecule is COCC(O)CCNS(=O)(=O)c1ccc(Cl)cc1F. The molecule has 8 heteroatoms. The molecule has 1 atom stereocenters. The van der Waals surface area contributed by atoms with E-state index in [2.05, 4.69) is 4.72 Å². The first-order chi connectivity index (χ1) is 8.86. The molecule has 0 bridgehead atoms. The molecule has 0 aliphatic heterocycles. The fourth-order valence-corrected chi connectivity index (χ4v) is 2.67. The van der Waals surface area contributed by atoms with Gasteiger partial charge >= 0.3 is 0 Å². The normalized spacial score (nSPS) is 13.5. The summed E-state index contributed by atoms with van der Waals surface area (Å²) < 4.78 is 44.0. The Balaban J connectivity index is 2.66. The highest BCUT2D eigenvalue weighted by atomic mass is 35.5. The third kappa shape index (κ3) is 5.04. The smallest absolute Gasteiger partial charge is 0.243 e. The first-order valence-electron chi connectivity index (χ1n) is 5.48. The number of sulfonamides is 1. The van der Waals surface area contributed by atoms with E-state index in [9.17, 15) is 17.9 Å². The number of hydrogen-bond acceptors (Lipinski definition) is 4. The van der Waals surface area contributed by atoms with Gasteiger partial charge in [-0.2, -0.15) is 0 Å². The molecule has 2 N–H and O–H groups in total. The minimum absolute atomic E-state index is 0.0189. The van der Waals surface area contributed by atoms with Crippen LogP contribution in [0.2, 0.25) is 5.02 Å². The molecule has 1 aromatic rings. The number of aliphatic hydroxyl groups is 1.